The van der Waals surface area contributed by atoms with Gasteiger partial charge in [-0.2, -0.15) is 13.2 Å². The Bertz CT molecular complexity index is 449. The van der Waals surface area contributed by atoms with Crippen LogP contribution < -0.4 is 5.32 Å². The number of esters is 1. The molecule has 1 aromatic carbocycles. The second-order valence-corrected chi connectivity index (χ2v) is 4.23. The van der Waals surface area contributed by atoms with Gasteiger partial charge in [0.05, 0.1) is 18.8 Å². The van der Waals surface area contributed by atoms with Crippen molar-refractivity contribution < 1.29 is 27.4 Å². The van der Waals surface area contributed by atoms with Gasteiger partial charge in [-0.25, -0.2) is 4.79 Å². The van der Waals surface area contributed by atoms with Gasteiger partial charge in [0, 0.05) is 13.1 Å². The number of alkyl halides is 3. The summed E-state index contributed by atoms with van der Waals surface area (Å²) < 4.78 is 47.3. The van der Waals surface area contributed by atoms with Crippen LogP contribution in [0.1, 0.15) is 18.1 Å². The van der Waals surface area contributed by atoms with E-state index in [4.69, 9.17) is 4.74 Å². The van der Waals surface area contributed by atoms with Crippen LogP contribution in [0.2, 0.25) is 0 Å². The summed E-state index contributed by atoms with van der Waals surface area (Å²) in [5.41, 5.74) is -0.129. The molecule has 0 fully saturated rings. The van der Waals surface area contributed by atoms with Crippen LogP contribution in [-0.2, 0) is 27.0 Å². The number of carbonyl (C=O) groups is 1. The molecule has 1 N–H and O–H groups in total. The van der Waals surface area contributed by atoms with Crippen LogP contribution in [0.5, 0.6) is 0 Å². The molecule has 0 saturated heterocycles. The minimum Gasteiger partial charge on any atom is -0.464 e. The fourth-order valence-electron chi connectivity index (χ4n) is 1.59. The van der Waals surface area contributed by atoms with Crippen molar-refractivity contribution in [3.05, 3.63) is 35.4 Å². The normalized spacial score (nSPS) is 11.4. The molecule has 1 rings (SSSR count). The number of benzene rings is 1. The molecule has 0 amide bonds. The maximum absolute atomic E-state index is 12.5. The van der Waals surface area contributed by atoms with Gasteiger partial charge in [-0.1, -0.05) is 18.2 Å². The monoisotopic (exact) mass is 305 g/mol. The highest BCUT2D eigenvalue weighted by Gasteiger charge is 2.30. The standard InChI is InChI=1S/C14H18F3NO3/c1-2-21-13(19)10-20-7-6-18-9-11-4-3-5-12(8-11)14(15,16)17/h3-5,8,18H,2,6-7,9-10H2,1H3. The van der Waals surface area contributed by atoms with Crippen LogP contribution in [0.25, 0.3) is 0 Å². The number of rotatable bonds is 8. The van der Waals surface area contributed by atoms with Crippen molar-refractivity contribution in [1.29, 1.82) is 0 Å². The van der Waals surface area contributed by atoms with Crippen molar-refractivity contribution in [2.24, 2.45) is 0 Å². The molecule has 118 valence electrons. The maximum atomic E-state index is 12.5. The Morgan fingerprint density at radius 3 is 2.76 bits per heavy atom. The van der Waals surface area contributed by atoms with Gasteiger partial charge in [0.2, 0.25) is 0 Å². The molecule has 0 unspecified atom stereocenters. The van der Waals surface area contributed by atoms with Crippen LogP contribution in [0.15, 0.2) is 24.3 Å². The van der Waals surface area contributed by atoms with Crippen molar-refractivity contribution in [2.45, 2.75) is 19.6 Å². The van der Waals surface area contributed by atoms with E-state index in [0.717, 1.165) is 12.1 Å². The number of hydrogen-bond acceptors (Lipinski definition) is 4. The Kier molecular flexibility index (Phi) is 7.18. The van der Waals surface area contributed by atoms with E-state index in [-0.39, 0.29) is 13.2 Å². The van der Waals surface area contributed by atoms with Gasteiger partial charge < -0.3 is 14.8 Å². The summed E-state index contributed by atoms with van der Waals surface area (Å²) in [4.78, 5) is 11.0. The average Bonchev–Trinajstić information content (AvgIpc) is 2.42. The second kappa shape index (κ2) is 8.63. The third-order valence-electron chi connectivity index (χ3n) is 2.53. The Hall–Kier alpha value is -1.60. The van der Waals surface area contributed by atoms with Gasteiger partial charge in [-0.05, 0) is 18.6 Å². The Labute approximate surface area is 121 Å². The number of hydrogen-bond donors (Lipinski definition) is 1. The molecule has 0 aliphatic heterocycles. The lowest BCUT2D eigenvalue weighted by Gasteiger charge is -2.09. The Morgan fingerprint density at radius 2 is 2.10 bits per heavy atom. The zero-order valence-corrected chi connectivity index (χ0v) is 11.7. The molecule has 4 nitrogen and oxygen atoms in total. The highest BCUT2D eigenvalue weighted by molar-refractivity contribution is 5.70. The molecule has 0 aliphatic carbocycles. The van der Waals surface area contributed by atoms with E-state index < -0.39 is 17.7 Å². The average molecular weight is 305 g/mol. The number of ether oxygens (including phenoxy) is 2. The molecule has 0 aliphatic rings. The van der Waals surface area contributed by atoms with Gasteiger partial charge in [-0.3, -0.25) is 0 Å². The van der Waals surface area contributed by atoms with Crippen molar-refractivity contribution in [1.82, 2.24) is 5.32 Å². The lowest BCUT2D eigenvalue weighted by atomic mass is 10.1. The molecule has 0 atom stereocenters. The summed E-state index contributed by atoms with van der Waals surface area (Å²) in [7, 11) is 0. The topological polar surface area (TPSA) is 47.6 Å². The van der Waals surface area contributed by atoms with Crippen LogP contribution in [0, 0.1) is 0 Å². The Balaban J connectivity index is 2.23. The summed E-state index contributed by atoms with van der Waals surface area (Å²) in [5, 5.41) is 2.94. The quantitative estimate of drug-likeness (QED) is 0.592. The highest BCUT2D eigenvalue weighted by atomic mass is 19.4. The van der Waals surface area contributed by atoms with Crippen LogP contribution in [-0.4, -0.2) is 32.3 Å². The van der Waals surface area contributed by atoms with Gasteiger partial charge in [0.1, 0.15) is 6.61 Å². The number of halogens is 3. The smallest absolute Gasteiger partial charge is 0.416 e. The maximum Gasteiger partial charge on any atom is 0.416 e. The van der Waals surface area contributed by atoms with Crippen molar-refractivity contribution >= 4 is 5.97 Å². The molecule has 0 saturated carbocycles. The molecule has 0 heterocycles. The fourth-order valence-corrected chi connectivity index (χ4v) is 1.59. The Morgan fingerprint density at radius 1 is 1.33 bits per heavy atom. The SMILES string of the molecule is CCOC(=O)COCCNCc1cccc(C(F)(F)F)c1. The molecule has 0 radical (unpaired) electrons. The summed E-state index contributed by atoms with van der Waals surface area (Å²) in [6.45, 7) is 2.88. The molecule has 1 aromatic rings. The lowest BCUT2D eigenvalue weighted by Crippen LogP contribution is -2.22. The summed E-state index contributed by atoms with van der Waals surface area (Å²) in [6, 6.07) is 5.12. The highest BCUT2D eigenvalue weighted by Crippen LogP contribution is 2.29. The minimum atomic E-state index is -4.33. The van der Waals surface area contributed by atoms with Gasteiger partial charge in [0.25, 0.3) is 0 Å². The molecular weight excluding hydrogens is 287 g/mol. The van der Waals surface area contributed by atoms with E-state index in [1.54, 1.807) is 13.0 Å². The van der Waals surface area contributed by atoms with Crippen molar-refractivity contribution in [2.75, 3.05) is 26.4 Å². The first kappa shape index (κ1) is 17.5. The van der Waals surface area contributed by atoms with Crippen LogP contribution >= 0.6 is 0 Å². The van der Waals surface area contributed by atoms with Crippen molar-refractivity contribution in [3.8, 4) is 0 Å². The fraction of sp³-hybridized carbons (Fsp3) is 0.500. The molecule has 0 bridgehead atoms. The van der Waals surface area contributed by atoms with E-state index >= 15 is 0 Å². The van der Waals surface area contributed by atoms with E-state index in [9.17, 15) is 18.0 Å². The largest absolute Gasteiger partial charge is 0.464 e. The van der Waals surface area contributed by atoms with E-state index in [1.165, 1.54) is 6.07 Å². The van der Waals surface area contributed by atoms with Crippen LogP contribution in [0.3, 0.4) is 0 Å². The molecular formula is C14H18F3NO3. The van der Waals surface area contributed by atoms with E-state index in [0.29, 0.717) is 25.3 Å². The molecule has 0 spiro atoms. The zero-order valence-electron chi connectivity index (χ0n) is 11.7. The molecule has 7 heteroatoms. The van der Waals surface area contributed by atoms with Gasteiger partial charge >= 0.3 is 12.1 Å². The van der Waals surface area contributed by atoms with E-state index in [2.05, 4.69) is 10.1 Å². The summed E-state index contributed by atoms with van der Waals surface area (Å²) in [6.07, 6.45) is -4.33. The minimum absolute atomic E-state index is 0.126. The summed E-state index contributed by atoms with van der Waals surface area (Å²) >= 11 is 0. The third kappa shape index (κ3) is 7.10. The zero-order chi connectivity index (χ0) is 15.7. The number of nitrogens with one attached hydrogen (secondary N) is 1. The summed E-state index contributed by atoms with van der Waals surface area (Å²) in [5.74, 6) is -0.435. The number of carbonyl (C=O) groups excluding carboxylic acids is 1. The van der Waals surface area contributed by atoms with Gasteiger partial charge in [-0.15, -0.1) is 0 Å². The lowest BCUT2D eigenvalue weighted by molar-refractivity contribution is -0.148. The van der Waals surface area contributed by atoms with E-state index in [1.807, 2.05) is 0 Å². The predicted octanol–water partition coefficient (Wildman–Crippen LogP) is 2.37. The molecule has 21 heavy (non-hydrogen) atoms. The van der Waals surface area contributed by atoms with Crippen molar-refractivity contribution in [3.63, 3.8) is 0 Å². The first-order chi connectivity index (χ1) is 9.93. The predicted molar refractivity (Wildman–Crippen MR) is 70.6 cm³/mol. The first-order valence-corrected chi connectivity index (χ1v) is 6.53. The third-order valence-corrected chi connectivity index (χ3v) is 2.53. The van der Waals surface area contributed by atoms with Crippen LogP contribution in [0.4, 0.5) is 13.2 Å². The first-order valence-electron chi connectivity index (χ1n) is 6.53. The van der Waals surface area contributed by atoms with Gasteiger partial charge in [0.15, 0.2) is 0 Å². The second-order valence-electron chi connectivity index (χ2n) is 4.23. The molecule has 0 aromatic heterocycles.